The molecule has 88 valence electrons. The van der Waals surface area contributed by atoms with E-state index in [1.807, 2.05) is 24.3 Å². The molecular weight excluding hydrogens is 240 g/mol. The molecule has 1 aromatic heterocycles. The molecule has 0 radical (unpaired) electrons. The molecule has 0 spiro atoms. The Morgan fingerprint density at radius 2 is 2.18 bits per heavy atom. The third kappa shape index (κ3) is 1.96. The fourth-order valence-electron chi connectivity index (χ4n) is 1.76. The minimum Gasteiger partial charge on any atom is -0.485 e. The van der Waals surface area contributed by atoms with Crippen LogP contribution in [0, 0.1) is 0 Å². The van der Waals surface area contributed by atoms with Crippen LogP contribution < -0.4 is 9.47 Å². The highest BCUT2D eigenvalue weighted by Gasteiger charge is 2.24. The maximum absolute atomic E-state index is 5.81. The number of halogens is 1. The normalized spacial score (nSPS) is 18.1. The second-order valence-corrected chi connectivity index (χ2v) is 4.06. The Kier molecular flexibility index (Phi) is 2.65. The van der Waals surface area contributed by atoms with E-state index in [0.29, 0.717) is 12.5 Å². The van der Waals surface area contributed by atoms with Crippen LogP contribution in [-0.2, 0) is 5.88 Å². The van der Waals surface area contributed by atoms with E-state index in [1.165, 1.54) is 0 Å². The molecule has 5 heteroatoms. The Labute approximate surface area is 104 Å². The molecule has 0 fully saturated rings. The molecule has 0 aliphatic carbocycles. The number of aromatic nitrogens is 2. The number of para-hydroxylation sites is 2. The molecule has 0 amide bonds. The summed E-state index contributed by atoms with van der Waals surface area (Å²) in [6.07, 6.45) is 1.51. The zero-order valence-corrected chi connectivity index (χ0v) is 9.78. The number of rotatable bonds is 2. The van der Waals surface area contributed by atoms with E-state index in [4.69, 9.17) is 21.1 Å². The summed E-state index contributed by atoms with van der Waals surface area (Å²) in [6.45, 7) is 0.451. The van der Waals surface area contributed by atoms with Crippen molar-refractivity contribution in [1.82, 2.24) is 9.97 Å². The lowest BCUT2D eigenvalue weighted by atomic mass is 10.2. The van der Waals surface area contributed by atoms with E-state index in [9.17, 15) is 0 Å². The Morgan fingerprint density at radius 3 is 2.94 bits per heavy atom. The van der Waals surface area contributed by atoms with Crippen molar-refractivity contribution in [3.8, 4) is 11.5 Å². The van der Waals surface area contributed by atoms with Crippen LogP contribution in [0.3, 0.4) is 0 Å². The van der Waals surface area contributed by atoms with Gasteiger partial charge in [-0.05, 0) is 12.1 Å². The zero-order chi connectivity index (χ0) is 11.7. The summed E-state index contributed by atoms with van der Waals surface area (Å²) in [7, 11) is 0. The van der Waals surface area contributed by atoms with E-state index in [2.05, 4.69) is 9.97 Å². The van der Waals surface area contributed by atoms with E-state index < -0.39 is 0 Å². The average molecular weight is 251 g/mol. The van der Waals surface area contributed by atoms with Crippen LogP contribution in [0.4, 0.5) is 0 Å². The second-order valence-electron chi connectivity index (χ2n) is 3.79. The first-order chi connectivity index (χ1) is 8.36. The second kappa shape index (κ2) is 4.30. The molecule has 2 aromatic rings. The summed E-state index contributed by atoms with van der Waals surface area (Å²) < 4.78 is 11.4. The first kappa shape index (κ1) is 10.5. The van der Waals surface area contributed by atoms with Crippen molar-refractivity contribution < 1.29 is 9.47 Å². The number of ether oxygens (including phenoxy) is 2. The van der Waals surface area contributed by atoms with Gasteiger partial charge < -0.3 is 14.5 Å². The van der Waals surface area contributed by atoms with Crippen molar-refractivity contribution in [1.29, 1.82) is 0 Å². The molecule has 3 rings (SSSR count). The number of H-pyrrole nitrogens is 1. The topological polar surface area (TPSA) is 47.1 Å². The largest absolute Gasteiger partial charge is 0.485 e. The summed E-state index contributed by atoms with van der Waals surface area (Å²) in [5, 5.41) is 0. The minimum atomic E-state index is -0.207. The van der Waals surface area contributed by atoms with Crippen molar-refractivity contribution in [3.63, 3.8) is 0 Å². The van der Waals surface area contributed by atoms with Crippen molar-refractivity contribution in [3.05, 3.63) is 42.0 Å². The highest BCUT2D eigenvalue weighted by molar-refractivity contribution is 6.16. The predicted octanol–water partition coefficient (Wildman–Crippen LogP) is 2.66. The molecule has 1 aliphatic rings. The number of imidazole rings is 1. The van der Waals surface area contributed by atoms with Crippen molar-refractivity contribution in [2.24, 2.45) is 0 Å². The predicted molar refractivity (Wildman–Crippen MR) is 63.5 cm³/mol. The summed E-state index contributed by atoms with van der Waals surface area (Å²) in [5.74, 6) is 2.67. The first-order valence-corrected chi connectivity index (χ1v) is 5.88. The van der Waals surface area contributed by atoms with Gasteiger partial charge >= 0.3 is 0 Å². The summed E-state index contributed by atoms with van der Waals surface area (Å²) in [4.78, 5) is 7.35. The van der Waals surface area contributed by atoms with Crippen LogP contribution in [0.5, 0.6) is 11.5 Å². The van der Waals surface area contributed by atoms with Gasteiger partial charge in [0.05, 0.1) is 5.88 Å². The van der Waals surface area contributed by atoms with Crippen LogP contribution >= 0.6 is 11.6 Å². The number of hydrogen-bond acceptors (Lipinski definition) is 3. The van der Waals surface area contributed by atoms with E-state index in [0.717, 1.165) is 23.0 Å². The summed E-state index contributed by atoms with van der Waals surface area (Å²) >= 11 is 5.72. The Balaban J connectivity index is 1.84. The number of fused-ring (bicyclic) bond motifs is 1. The molecule has 1 aromatic carbocycles. The lowest BCUT2D eigenvalue weighted by Crippen LogP contribution is -2.22. The number of hydrogen-bond donors (Lipinski definition) is 1. The first-order valence-electron chi connectivity index (χ1n) is 5.35. The van der Waals surface area contributed by atoms with Crippen molar-refractivity contribution >= 4 is 11.6 Å². The molecule has 1 aliphatic heterocycles. The maximum atomic E-state index is 5.81. The highest BCUT2D eigenvalue weighted by Crippen LogP contribution is 2.34. The van der Waals surface area contributed by atoms with Gasteiger partial charge in [-0.15, -0.1) is 11.6 Å². The van der Waals surface area contributed by atoms with Gasteiger partial charge in [0.1, 0.15) is 6.61 Å². The summed E-state index contributed by atoms with van der Waals surface area (Å²) in [6, 6.07) is 7.60. The Morgan fingerprint density at radius 1 is 1.35 bits per heavy atom. The van der Waals surface area contributed by atoms with Gasteiger partial charge in [0, 0.05) is 11.9 Å². The third-order valence-corrected chi connectivity index (χ3v) is 2.89. The standard InChI is InChI=1S/C12H11ClN2O2/c13-5-8-6-14-12(15-8)11-7-16-9-3-1-2-4-10(9)17-11/h1-4,6,11H,5,7H2,(H,14,15). The van der Waals surface area contributed by atoms with Crippen molar-refractivity contribution in [2.45, 2.75) is 12.0 Å². The van der Waals surface area contributed by atoms with Crippen LogP contribution in [0.25, 0.3) is 0 Å². The lowest BCUT2D eigenvalue weighted by molar-refractivity contribution is 0.0856. The number of alkyl halides is 1. The van der Waals surface area contributed by atoms with Gasteiger partial charge in [0.25, 0.3) is 0 Å². The molecule has 1 atom stereocenters. The number of aromatic amines is 1. The van der Waals surface area contributed by atoms with E-state index in [1.54, 1.807) is 6.20 Å². The van der Waals surface area contributed by atoms with Crippen molar-refractivity contribution in [2.75, 3.05) is 6.61 Å². The fourth-order valence-corrected chi connectivity index (χ4v) is 1.90. The molecule has 0 saturated heterocycles. The van der Waals surface area contributed by atoms with E-state index >= 15 is 0 Å². The highest BCUT2D eigenvalue weighted by atomic mass is 35.5. The molecule has 1 unspecified atom stereocenters. The molecule has 0 saturated carbocycles. The monoisotopic (exact) mass is 250 g/mol. The number of nitrogens with zero attached hydrogens (tertiary/aromatic N) is 1. The molecular formula is C12H11ClN2O2. The third-order valence-electron chi connectivity index (χ3n) is 2.61. The van der Waals surface area contributed by atoms with Crippen LogP contribution in [0.15, 0.2) is 30.5 Å². The van der Waals surface area contributed by atoms with Gasteiger partial charge in [0.2, 0.25) is 0 Å². The van der Waals surface area contributed by atoms with Crippen LogP contribution in [0.2, 0.25) is 0 Å². The molecule has 2 heterocycles. The molecule has 1 N–H and O–H groups in total. The van der Waals surface area contributed by atoms with E-state index in [-0.39, 0.29) is 6.10 Å². The fraction of sp³-hybridized carbons (Fsp3) is 0.250. The quantitative estimate of drug-likeness (QED) is 0.834. The number of benzene rings is 1. The zero-order valence-electron chi connectivity index (χ0n) is 9.02. The Hall–Kier alpha value is -1.68. The van der Waals surface area contributed by atoms with Gasteiger partial charge in [-0.3, -0.25) is 0 Å². The summed E-state index contributed by atoms with van der Waals surface area (Å²) in [5.41, 5.74) is 0.879. The Bertz CT molecular complexity index is 527. The van der Waals surface area contributed by atoms with Crippen LogP contribution in [-0.4, -0.2) is 16.6 Å². The molecule has 17 heavy (non-hydrogen) atoms. The lowest BCUT2D eigenvalue weighted by Gasteiger charge is -2.24. The van der Waals surface area contributed by atoms with Gasteiger partial charge in [-0.25, -0.2) is 4.98 Å². The van der Waals surface area contributed by atoms with Gasteiger partial charge in [-0.2, -0.15) is 0 Å². The maximum Gasteiger partial charge on any atom is 0.190 e. The SMILES string of the molecule is ClCc1cnc(C2COc3ccccc3O2)[nH]1. The van der Waals surface area contributed by atoms with Crippen LogP contribution in [0.1, 0.15) is 17.6 Å². The van der Waals surface area contributed by atoms with Gasteiger partial charge in [0.15, 0.2) is 23.4 Å². The molecule has 0 bridgehead atoms. The smallest absolute Gasteiger partial charge is 0.190 e. The van der Waals surface area contributed by atoms with Gasteiger partial charge in [-0.1, -0.05) is 12.1 Å². The minimum absolute atomic E-state index is 0.207. The number of nitrogens with one attached hydrogen (secondary N) is 1. The molecule has 4 nitrogen and oxygen atoms in total. The average Bonchev–Trinajstić information content (AvgIpc) is 2.87.